The van der Waals surface area contributed by atoms with Crippen molar-refractivity contribution in [3.8, 4) is 6.07 Å². The van der Waals surface area contributed by atoms with Crippen LogP contribution in [-0.4, -0.2) is 11.1 Å². The van der Waals surface area contributed by atoms with E-state index in [4.69, 9.17) is 10.4 Å². The summed E-state index contributed by atoms with van der Waals surface area (Å²) in [5.74, 6) is -1.92. The van der Waals surface area contributed by atoms with E-state index in [0.717, 1.165) is 9.65 Å². The van der Waals surface area contributed by atoms with Crippen LogP contribution in [0.2, 0.25) is 0 Å². The number of aliphatic carboxylic acids is 1. The number of hydrogen-bond donors (Lipinski definition) is 1. The lowest BCUT2D eigenvalue weighted by molar-refractivity contribution is -0.132. The molecule has 76 valence electrons. The van der Waals surface area contributed by atoms with Crippen LogP contribution in [0.4, 0.5) is 4.39 Å². The highest BCUT2D eigenvalue weighted by Crippen LogP contribution is 2.15. The third-order valence-electron chi connectivity index (χ3n) is 1.61. The van der Waals surface area contributed by atoms with Gasteiger partial charge in [-0.2, -0.15) is 5.26 Å². The van der Waals surface area contributed by atoms with Crippen LogP contribution in [-0.2, 0) is 4.79 Å². The monoisotopic (exact) mass is 317 g/mol. The first-order valence-electron chi connectivity index (χ1n) is 3.84. The van der Waals surface area contributed by atoms with Gasteiger partial charge in [-0.1, -0.05) is 0 Å². The number of benzene rings is 1. The Balaban J connectivity index is 3.23. The molecule has 0 aliphatic carbocycles. The zero-order chi connectivity index (χ0) is 11.4. The lowest BCUT2D eigenvalue weighted by atomic mass is 10.1. The van der Waals surface area contributed by atoms with Crippen molar-refractivity contribution in [1.29, 1.82) is 5.26 Å². The molecule has 0 saturated carbocycles. The Hall–Kier alpha value is -1.42. The molecule has 1 aromatic rings. The van der Waals surface area contributed by atoms with E-state index in [2.05, 4.69) is 0 Å². The molecule has 0 saturated heterocycles. The molecule has 0 aliphatic heterocycles. The molecule has 0 atom stereocenters. The van der Waals surface area contributed by atoms with Crippen molar-refractivity contribution < 1.29 is 14.3 Å². The summed E-state index contributed by atoms with van der Waals surface area (Å²) in [5, 5.41) is 17.1. The molecular weight excluding hydrogens is 312 g/mol. The van der Waals surface area contributed by atoms with E-state index in [1.807, 2.05) is 22.6 Å². The maximum Gasteiger partial charge on any atom is 0.346 e. The molecule has 0 amide bonds. The number of carboxylic acid groups (broad SMARTS) is 1. The third-order valence-corrected chi connectivity index (χ3v) is 2.28. The molecule has 3 nitrogen and oxygen atoms in total. The highest BCUT2D eigenvalue weighted by atomic mass is 127. The Morgan fingerprint density at radius 2 is 2.27 bits per heavy atom. The largest absolute Gasteiger partial charge is 0.477 e. The fourth-order valence-corrected chi connectivity index (χ4v) is 1.44. The molecule has 0 unspecified atom stereocenters. The van der Waals surface area contributed by atoms with E-state index in [0.29, 0.717) is 0 Å². The third kappa shape index (κ3) is 3.02. The summed E-state index contributed by atoms with van der Waals surface area (Å²) in [7, 11) is 0. The van der Waals surface area contributed by atoms with E-state index < -0.39 is 17.4 Å². The summed E-state index contributed by atoms with van der Waals surface area (Å²) < 4.78 is 13.9. The number of hydrogen-bond acceptors (Lipinski definition) is 2. The molecule has 0 bridgehead atoms. The zero-order valence-electron chi connectivity index (χ0n) is 7.37. The van der Waals surface area contributed by atoms with Gasteiger partial charge in [0.15, 0.2) is 0 Å². The molecule has 0 aromatic heterocycles. The van der Waals surface area contributed by atoms with E-state index in [9.17, 15) is 9.18 Å². The van der Waals surface area contributed by atoms with Gasteiger partial charge in [0.05, 0.1) is 0 Å². The van der Waals surface area contributed by atoms with E-state index in [1.165, 1.54) is 18.2 Å². The number of nitrogens with zero attached hydrogens (tertiary/aromatic N) is 1. The molecule has 0 radical (unpaired) electrons. The molecule has 1 aromatic carbocycles. The first-order chi connectivity index (χ1) is 7.04. The Morgan fingerprint density at radius 1 is 1.60 bits per heavy atom. The molecule has 15 heavy (non-hydrogen) atoms. The van der Waals surface area contributed by atoms with Gasteiger partial charge in [-0.05, 0) is 46.9 Å². The molecule has 1 N–H and O–H groups in total. The minimum atomic E-state index is -1.37. The average molecular weight is 317 g/mol. The van der Waals surface area contributed by atoms with Crippen LogP contribution in [0.15, 0.2) is 23.8 Å². The van der Waals surface area contributed by atoms with Crippen molar-refractivity contribution in [2.45, 2.75) is 0 Å². The van der Waals surface area contributed by atoms with Crippen LogP contribution in [0.3, 0.4) is 0 Å². The molecule has 0 fully saturated rings. The second kappa shape index (κ2) is 4.89. The van der Waals surface area contributed by atoms with Crippen LogP contribution in [0, 0.1) is 20.7 Å². The Bertz CT molecular complexity index is 477. The van der Waals surface area contributed by atoms with Crippen LogP contribution in [0.25, 0.3) is 6.08 Å². The lowest BCUT2D eigenvalue weighted by Gasteiger charge is -1.98. The smallest absolute Gasteiger partial charge is 0.346 e. The number of carbonyl (C=O) groups is 1. The zero-order valence-corrected chi connectivity index (χ0v) is 9.53. The highest BCUT2D eigenvalue weighted by molar-refractivity contribution is 14.1. The fourth-order valence-electron chi connectivity index (χ4n) is 0.923. The second-order valence-corrected chi connectivity index (χ2v) is 3.89. The fraction of sp³-hybridized carbons (Fsp3) is 0. The van der Waals surface area contributed by atoms with Gasteiger partial charge in [0.25, 0.3) is 0 Å². The molecule has 0 aliphatic rings. The van der Waals surface area contributed by atoms with Gasteiger partial charge >= 0.3 is 5.97 Å². The minimum Gasteiger partial charge on any atom is -0.477 e. The number of halogens is 2. The number of nitriles is 1. The van der Waals surface area contributed by atoms with Crippen molar-refractivity contribution in [3.05, 3.63) is 38.7 Å². The molecule has 0 heterocycles. The van der Waals surface area contributed by atoms with Gasteiger partial charge in [0.2, 0.25) is 0 Å². The van der Waals surface area contributed by atoms with Crippen molar-refractivity contribution in [2.75, 3.05) is 0 Å². The Morgan fingerprint density at radius 3 is 2.80 bits per heavy atom. The van der Waals surface area contributed by atoms with Gasteiger partial charge in [0, 0.05) is 9.13 Å². The van der Waals surface area contributed by atoms with Gasteiger partial charge in [-0.15, -0.1) is 0 Å². The van der Waals surface area contributed by atoms with E-state index in [1.54, 1.807) is 6.07 Å². The molecular formula is C10H5FINO2. The van der Waals surface area contributed by atoms with Crippen molar-refractivity contribution in [1.82, 2.24) is 0 Å². The standard InChI is InChI=1S/C10H5FINO2/c11-9-2-1-8(12)4-6(9)3-7(5-13)10(14)15/h1-4H,(H,14,15). The predicted octanol–water partition coefficient (Wildman–Crippen LogP) is 2.42. The number of rotatable bonds is 2. The quantitative estimate of drug-likeness (QED) is 0.518. The van der Waals surface area contributed by atoms with Gasteiger partial charge < -0.3 is 5.11 Å². The van der Waals surface area contributed by atoms with Crippen LogP contribution >= 0.6 is 22.6 Å². The summed E-state index contributed by atoms with van der Waals surface area (Å²) in [4.78, 5) is 10.5. The normalized spacial score (nSPS) is 10.9. The summed E-state index contributed by atoms with van der Waals surface area (Å²) in [6.45, 7) is 0. The number of carboxylic acids is 1. The Labute approximate surface area is 99.0 Å². The lowest BCUT2D eigenvalue weighted by Crippen LogP contribution is -1.98. The minimum absolute atomic E-state index is 0.0980. The maximum atomic E-state index is 13.2. The first kappa shape index (κ1) is 11.7. The average Bonchev–Trinajstić information content (AvgIpc) is 2.18. The highest BCUT2D eigenvalue weighted by Gasteiger charge is 2.08. The van der Waals surface area contributed by atoms with Crippen LogP contribution < -0.4 is 0 Å². The summed E-state index contributed by atoms with van der Waals surface area (Å²) >= 11 is 1.97. The van der Waals surface area contributed by atoms with Crippen molar-refractivity contribution >= 4 is 34.6 Å². The van der Waals surface area contributed by atoms with E-state index in [-0.39, 0.29) is 5.56 Å². The molecule has 5 heteroatoms. The first-order valence-corrected chi connectivity index (χ1v) is 4.92. The summed E-state index contributed by atoms with van der Waals surface area (Å²) in [6.07, 6.45) is 1.01. The van der Waals surface area contributed by atoms with Crippen LogP contribution in [0.1, 0.15) is 5.56 Å². The van der Waals surface area contributed by atoms with Crippen molar-refractivity contribution in [3.63, 3.8) is 0 Å². The van der Waals surface area contributed by atoms with Crippen molar-refractivity contribution in [2.24, 2.45) is 0 Å². The Kier molecular flexibility index (Phi) is 3.80. The van der Waals surface area contributed by atoms with Crippen LogP contribution in [0.5, 0.6) is 0 Å². The summed E-state index contributed by atoms with van der Waals surface area (Å²) in [5.41, 5.74) is -0.392. The summed E-state index contributed by atoms with van der Waals surface area (Å²) in [6, 6.07) is 5.74. The van der Waals surface area contributed by atoms with Gasteiger partial charge in [-0.25, -0.2) is 9.18 Å². The van der Waals surface area contributed by atoms with Gasteiger partial charge in [0.1, 0.15) is 17.5 Å². The second-order valence-electron chi connectivity index (χ2n) is 2.64. The van der Waals surface area contributed by atoms with E-state index >= 15 is 0 Å². The maximum absolute atomic E-state index is 13.2. The molecule has 1 rings (SSSR count). The predicted molar refractivity (Wildman–Crippen MR) is 60.3 cm³/mol. The molecule has 0 spiro atoms. The van der Waals surface area contributed by atoms with Gasteiger partial charge in [-0.3, -0.25) is 0 Å². The topological polar surface area (TPSA) is 61.1 Å². The SMILES string of the molecule is N#CC(=Cc1cc(I)ccc1F)C(=O)O.